The maximum Gasteiger partial charge on any atom is 0.0880 e. The summed E-state index contributed by atoms with van der Waals surface area (Å²) >= 11 is 4.29. The number of aliphatic imine (C=N–C) groups is 1. The number of nitrogens with zero attached hydrogens (tertiary/aromatic N) is 1. The zero-order valence-corrected chi connectivity index (χ0v) is 12.1. The third kappa shape index (κ3) is 2.80. The molecule has 1 aromatic rings. The first-order valence-electron chi connectivity index (χ1n) is 6.66. The molecule has 2 N–H and O–H groups in total. The Morgan fingerprint density at radius 3 is 2.50 bits per heavy atom. The predicted octanol–water partition coefficient (Wildman–Crippen LogP) is 2.75. The smallest absolute Gasteiger partial charge is 0.0880 e. The fourth-order valence-corrected chi connectivity index (χ4v) is 2.31. The fourth-order valence-electron chi connectivity index (χ4n) is 2.16. The van der Waals surface area contributed by atoms with Gasteiger partial charge >= 0.3 is 0 Å². The van der Waals surface area contributed by atoms with Crippen LogP contribution in [0, 0.1) is 0 Å². The largest absolute Gasteiger partial charge is 0.385 e. The number of hydrogen-bond donors (Lipinski definition) is 3. The van der Waals surface area contributed by atoms with E-state index in [0.29, 0.717) is 6.04 Å². The second-order valence-corrected chi connectivity index (χ2v) is 5.47. The normalized spacial score (nSPS) is 24.5. The van der Waals surface area contributed by atoms with E-state index in [-0.39, 0.29) is 6.04 Å². The van der Waals surface area contributed by atoms with Crippen molar-refractivity contribution >= 4 is 24.5 Å². The number of rotatable bonds is 2. The number of dihydropyridines is 1. The van der Waals surface area contributed by atoms with Crippen LogP contribution in [0.1, 0.15) is 12.5 Å². The van der Waals surface area contributed by atoms with Crippen LogP contribution in [-0.4, -0.2) is 18.3 Å². The number of hydrogen-bond acceptors (Lipinski definition) is 4. The Hall–Kier alpha value is -1.94. The van der Waals surface area contributed by atoms with Crippen LogP contribution in [0.5, 0.6) is 0 Å². The minimum Gasteiger partial charge on any atom is -0.385 e. The third-order valence-corrected chi connectivity index (χ3v) is 3.67. The minimum absolute atomic E-state index is 0.124. The first kappa shape index (κ1) is 13.1. The predicted molar refractivity (Wildman–Crippen MR) is 86.9 cm³/mol. The summed E-state index contributed by atoms with van der Waals surface area (Å²) < 4.78 is 0. The molecule has 2 aliphatic rings. The molecule has 102 valence electrons. The van der Waals surface area contributed by atoms with Crippen LogP contribution in [0.4, 0.5) is 0 Å². The van der Waals surface area contributed by atoms with Gasteiger partial charge < -0.3 is 10.6 Å². The summed E-state index contributed by atoms with van der Waals surface area (Å²) in [6.45, 7) is 2.12. The molecule has 3 nitrogen and oxygen atoms in total. The van der Waals surface area contributed by atoms with Gasteiger partial charge in [-0.05, 0) is 24.6 Å². The molecule has 0 amide bonds. The maximum atomic E-state index is 4.55. The van der Waals surface area contributed by atoms with E-state index >= 15 is 0 Å². The van der Waals surface area contributed by atoms with Crippen molar-refractivity contribution in [3.05, 3.63) is 60.0 Å². The maximum absolute atomic E-state index is 4.55. The van der Waals surface area contributed by atoms with Crippen molar-refractivity contribution < 1.29 is 0 Å². The molecule has 0 aliphatic carbocycles. The lowest BCUT2D eigenvalue weighted by Gasteiger charge is -2.22. The van der Waals surface area contributed by atoms with Crippen molar-refractivity contribution in [2.45, 2.75) is 23.9 Å². The summed E-state index contributed by atoms with van der Waals surface area (Å²) in [6.07, 6.45) is 10.2. The van der Waals surface area contributed by atoms with E-state index in [4.69, 9.17) is 0 Å². The number of benzene rings is 1. The van der Waals surface area contributed by atoms with Crippen LogP contribution in [-0.2, 0) is 0 Å². The van der Waals surface area contributed by atoms with E-state index in [1.54, 1.807) is 0 Å². The topological polar surface area (TPSA) is 36.4 Å². The SMILES string of the molecule is CC1C=CC(C2C=NC(c3ccc(S)cc3)=CN2)=CN1. The van der Waals surface area contributed by atoms with Crippen LogP contribution >= 0.6 is 12.6 Å². The van der Waals surface area contributed by atoms with Gasteiger partial charge in [0, 0.05) is 35.1 Å². The van der Waals surface area contributed by atoms with Crippen LogP contribution in [0.15, 0.2) is 64.3 Å². The van der Waals surface area contributed by atoms with Crippen LogP contribution in [0.3, 0.4) is 0 Å². The molecule has 0 fully saturated rings. The molecule has 0 aromatic heterocycles. The van der Waals surface area contributed by atoms with Gasteiger partial charge in [0.05, 0.1) is 11.7 Å². The molecule has 2 unspecified atom stereocenters. The molecule has 0 saturated carbocycles. The number of nitrogens with one attached hydrogen (secondary N) is 2. The molecule has 4 heteroatoms. The molecule has 2 atom stereocenters. The van der Waals surface area contributed by atoms with Crippen LogP contribution < -0.4 is 10.6 Å². The van der Waals surface area contributed by atoms with Gasteiger partial charge in [-0.3, -0.25) is 4.99 Å². The van der Waals surface area contributed by atoms with E-state index < -0.39 is 0 Å². The summed E-state index contributed by atoms with van der Waals surface area (Å²) in [5.41, 5.74) is 3.22. The van der Waals surface area contributed by atoms with E-state index in [1.165, 1.54) is 5.57 Å². The Labute approximate surface area is 124 Å². The molecule has 0 radical (unpaired) electrons. The Morgan fingerprint density at radius 1 is 1.10 bits per heavy atom. The Balaban J connectivity index is 1.71. The second kappa shape index (κ2) is 5.59. The molecular weight excluding hydrogens is 266 g/mol. The summed E-state index contributed by atoms with van der Waals surface area (Å²) in [6, 6.07) is 8.51. The Morgan fingerprint density at radius 2 is 1.90 bits per heavy atom. The molecular formula is C16H17N3S. The highest BCUT2D eigenvalue weighted by molar-refractivity contribution is 7.80. The highest BCUT2D eigenvalue weighted by Gasteiger charge is 2.15. The highest BCUT2D eigenvalue weighted by atomic mass is 32.1. The molecule has 0 spiro atoms. The van der Waals surface area contributed by atoms with Crippen LogP contribution in [0.2, 0.25) is 0 Å². The van der Waals surface area contributed by atoms with Gasteiger partial charge in [-0.15, -0.1) is 12.6 Å². The van der Waals surface area contributed by atoms with Gasteiger partial charge in [0.25, 0.3) is 0 Å². The lowest BCUT2D eigenvalue weighted by Crippen LogP contribution is -2.33. The van der Waals surface area contributed by atoms with Crippen molar-refractivity contribution in [1.82, 2.24) is 10.6 Å². The molecule has 20 heavy (non-hydrogen) atoms. The van der Waals surface area contributed by atoms with Crippen molar-refractivity contribution in [3.63, 3.8) is 0 Å². The Kier molecular flexibility index (Phi) is 3.65. The lowest BCUT2D eigenvalue weighted by atomic mass is 10.0. The quantitative estimate of drug-likeness (QED) is 0.730. The lowest BCUT2D eigenvalue weighted by molar-refractivity contribution is 0.732. The summed E-state index contributed by atoms with van der Waals surface area (Å²) in [5.74, 6) is 0. The van der Waals surface area contributed by atoms with Gasteiger partial charge in [0.1, 0.15) is 0 Å². The standard InChI is InChI=1S/C16H17N3S/c1-11-2-3-13(8-17-11)16-10-18-15(9-19-16)12-4-6-14(20)7-5-12/h2-11,16-17,19-20H,1H3. The second-order valence-electron chi connectivity index (χ2n) is 4.96. The van der Waals surface area contributed by atoms with Gasteiger partial charge in [-0.2, -0.15) is 0 Å². The third-order valence-electron chi connectivity index (χ3n) is 3.37. The van der Waals surface area contributed by atoms with Crippen molar-refractivity contribution in [2.75, 3.05) is 0 Å². The van der Waals surface area contributed by atoms with Gasteiger partial charge in [-0.1, -0.05) is 24.3 Å². The van der Waals surface area contributed by atoms with Crippen molar-refractivity contribution in [1.29, 1.82) is 0 Å². The highest BCUT2D eigenvalue weighted by Crippen LogP contribution is 2.20. The molecule has 0 saturated heterocycles. The average Bonchev–Trinajstić information content (AvgIpc) is 2.49. The van der Waals surface area contributed by atoms with E-state index in [2.05, 4.69) is 47.3 Å². The van der Waals surface area contributed by atoms with Gasteiger partial charge in [0.2, 0.25) is 0 Å². The zero-order chi connectivity index (χ0) is 13.9. The molecule has 2 heterocycles. The molecule has 3 rings (SSSR count). The summed E-state index contributed by atoms with van der Waals surface area (Å²) in [7, 11) is 0. The average molecular weight is 283 g/mol. The van der Waals surface area contributed by atoms with E-state index in [0.717, 1.165) is 16.2 Å². The monoisotopic (exact) mass is 283 g/mol. The molecule has 2 aliphatic heterocycles. The van der Waals surface area contributed by atoms with Crippen molar-refractivity contribution in [3.8, 4) is 0 Å². The van der Waals surface area contributed by atoms with Crippen molar-refractivity contribution in [2.24, 2.45) is 4.99 Å². The molecule has 1 aromatic carbocycles. The number of thiol groups is 1. The zero-order valence-electron chi connectivity index (χ0n) is 11.2. The first-order valence-corrected chi connectivity index (χ1v) is 7.11. The minimum atomic E-state index is 0.124. The summed E-state index contributed by atoms with van der Waals surface area (Å²) in [5, 5.41) is 6.68. The molecule has 0 bridgehead atoms. The van der Waals surface area contributed by atoms with E-state index in [1.807, 2.05) is 42.9 Å². The summed E-state index contributed by atoms with van der Waals surface area (Å²) in [4.78, 5) is 5.51. The van der Waals surface area contributed by atoms with E-state index in [9.17, 15) is 0 Å². The van der Waals surface area contributed by atoms with Gasteiger partial charge in [0.15, 0.2) is 0 Å². The van der Waals surface area contributed by atoms with Crippen LogP contribution in [0.25, 0.3) is 5.70 Å². The Bertz CT molecular complexity index is 611. The first-order chi connectivity index (χ1) is 9.72. The fraction of sp³-hybridized carbons (Fsp3) is 0.188. The van der Waals surface area contributed by atoms with Gasteiger partial charge in [-0.25, -0.2) is 0 Å².